The van der Waals surface area contributed by atoms with Gasteiger partial charge in [0.2, 0.25) is 5.95 Å². The molecular weight excluding hydrogens is 446 g/mol. The molecule has 2 aromatic heterocycles. The summed E-state index contributed by atoms with van der Waals surface area (Å²) in [5.74, 6) is 0.415. The lowest BCUT2D eigenvalue weighted by Crippen LogP contribution is -2.54. The summed E-state index contributed by atoms with van der Waals surface area (Å²) in [5.41, 5.74) is 8.04. The van der Waals surface area contributed by atoms with Crippen LogP contribution in [0.2, 0.25) is 0 Å². The van der Waals surface area contributed by atoms with Crippen LogP contribution in [0, 0.1) is 0 Å². The summed E-state index contributed by atoms with van der Waals surface area (Å²) in [6.07, 6.45) is 7.52. The van der Waals surface area contributed by atoms with E-state index in [-0.39, 0.29) is 29.5 Å². The molecule has 1 aromatic carbocycles. The molecule has 0 spiro atoms. The Kier molecular flexibility index (Phi) is 6.06. The van der Waals surface area contributed by atoms with Gasteiger partial charge in [0.1, 0.15) is 0 Å². The van der Waals surface area contributed by atoms with E-state index in [0.717, 1.165) is 12.8 Å². The van der Waals surface area contributed by atoms with Gasteiger partial charge in [0, 0.05) is 37.4 Å². The Morgan fingerprint density at radius 2 is 1.89 bits per heavy atom. The number of primary amides is 1. The van der Waals surface area contributed by atoms with Crippen LogP contribution in [0.15, 0.2) is 36.7 Å². The highest BCUT2D eigenvalue weighted by Crippen LogP contribution is 2.39. The van der Waals surface area contributed by atoms with Crippen molar-refractivity contribution in [1.82, 2.24) is 30.3 Å². The van der Waals surface area contributed by atoms with Crippen LogP contribution in [0.4, 0.5) is 17.5 Å². The van der Waals surface area contributed by atoms with Crippen molar-refractivity contribution in [3.05, 3.63) is 53.5 Å². The van der Waals surface area contributed by atoms with Crippen LogP contribution in [0.5, 0.6) is 0 Å². The Hall–Kier alpha value is -4.02. The first-order valence-electron chi connectivity index (χ1n) is 11.9. The average molecular weight is 476 g/mol. The second kappa shape index (κ2) is 9.32. The topological polar surface area (TPSA) is 144 Å². The lowest BCUT2D eigenvalue weighted by atomic mass is 9.97. The zero-order chi connectivity index (χ0) is 24.5. The van der Waals surface area contributed by atoms with Crippen molar-refractivity contribution < 1.29 is 9.59 Å². The number of amides is 2. The van der Waals surface area contributed by atoms with Gasteiger partial charge in [-0.05, 0) is 56.2 Å². The molecule has 4 N–H and O–H groups in total. The Morgan fingerprint density at radius 3 is 2.54 bits per heavy atom. The molecule has 3 aromatic rings. The number of piperidine rings is 1. The van der Waals surface area contributed by atoms with E-state index in [9.17, 15) is 9.59 Å². The minimum absolute atomic E-state index is 0.0539. The fraction of sp³-hybridized carbons (Fsp3) is 0.417. The third kappa shape index (κ3) is 4.93. The Balaban J connectivity index is 1.32. The van der Waals surface area contributed by atoms with Gasteiger partial charge in [-0.2, -0.15) is 10.1 Å². The predicted molar refractivity (Wildman–Crippen MR) is 131 cm³/mol. The molecule has 3 heterocycles. The molecule has 11 nitrogen and oxygen atoms in total. The van der Waals surface area contributed by atoms with Crippen LogP contribution < -0.4 is 21.3 Å². The molecule has 1 saturated carbocycles. The van der Waals surface area contributed by atoms with E-state index in [1.54, 1.807) is 24.1 Å². The Labute approximate surface area is 203 Å². The molecule has 2 amide bonds. The number of carbonyl (C=O) groups is 2. The van der Waals surface area contributed by atoms with Crippen LogP contribution >= 0.6 is 0 Å². The van der Waals surface area contributed by atoms with Gasteiger partial charge in [0.25, 0.3) is 11.8 Å². The van der Waals surface area contributed by atoms with Gasteiger partial charge in [-0.25, -0.2) is 0 Å². The molecule has 0 radical (unpaired) electrons. The first kappa shape index (κ1) is 22.8. The molecule has 11 heteroatoms. The normalized spacial score (nSPS) is 19.9. The van der Waals surface area contributed by atoms with E-state index >= 15 is 0 Å². The van der Waals surface area contributed by atoms with Gasteiger partial charge >= 0.3 is 0 Å². The van der Waals surface area contributed by atoms with Gasteiger partial charge < -0.3 is 21.3 Å². The maximum Gasteiger partial charge on any atom is 0.273 e. The molecule has 1 saturated heterocycles. The third-order valence-corrected chi connectivity index (χ3v) is 6.66. The van der Waals surface area contributed by atoms with Crippen molar-refractivity contribution in [1.29, 1.82) is 0 Å². The smallest absolute Gasteiger partial charge is 0.273 e. The SMILES string of the molecule is C[C@@H]1[C@H](NC(=O)c2ccc(C3CC3)cc2)CCCN1c1nnc(C(N)=O)c(Nc2cnn(C)c2)n1. The number of carbonyl (C=O) groups excluding carboxylic acids is 2. The van der Waals surface area contributed by atoms with Crippen LogP contribution in [0.1, 0.15) is 64.9 Å². The highest BCUT2D eigenvalue weighted by molar-refractivity contribution is 5.96. The number of nitrogens with two attached hydrogens (primary N) is 1. The highest BCUT2D eigenvalue weighted by Gasteiger charge is 2.32. The summed E-state index contributed by atoms with van der Waals surface area (Å²) in [5, 5.41) is 18.6. The zero-order valence-electron chi connectivity index (χ0n) is 19.8. The molecule has 2 fully saturated rings. The van der Waals surface area contributed by atoms with Crippen LogP contribution in [-0.2, 0) is 7.05 Å². The van der Waals surface area contributed by atoms with Crippen molar-refractivity contribution in [3.63, 3.8) is 0 Å². The van der Waals surface area contributed by atoms with E-state index in [2.05, 4.69) is 43.0 Å². The van der Waals surface area contributed by atoms with E-state index in [1.165, 1.54) is 18.4 Å². The van der Waals surface area contributed by atoms with Crippen molar-refractivity contribution in [2.45, 2.75) is 50.6 Å². The minimum atomic E-state index is -0.729. The van der Waals surface area contributed by atoms with E-state index < -0.39 is 5.91 Å². The molecule has 35 heavy (non-hydrogen) atoms. The lowest BCUT2D eigenvalue weighted by Gasteiger charge is -2.39. The molecule has 0 bridgehead atoms. The fourth-order valence-electron chi connectivity index (χ4n) is 4.51. The monoisotopic (exact) mass is 475 g/mol. The Bertz CT molecular complexity index is 1240. The zero-order valence-corrected chi connectivity index (χ0v) is 19.8. The number of hydrogen-bond donors (Lipinski definition) is 3. The first-order chi connectivity index (χ1) is 16.9. The number of aromatic nitrogens is 5. The average Bonchev–Trinajstić information content (AvgIpc) is 3.62. The maximum atomic E-state index is 12.9. The number of hydrogen-bond acceptors (Lipinski definition) is 8. The molecule has 0 unspecified atom stereocenters. The van der Waals surface area contributed by atoms with Gasteiger partial charge in [-0.15, -0.1) is 10.2 Å². The lowest BCUT2D eigenvalue weighted by molar-refractivity contribution is 0.0923. The summed E-state index contributed by atoms with van der Waals surface area (Å²) in [6.45, 7) is 2.73. The number of nitrogens with zero attached hydrogens (tertiary/aromatic N) is 6. The maximum absolute atomic E-state index is 12.9. The molecule has 182 valence electrons. The van der Waals surface area contributed by atoms with Crippen molar-refractivity contribution in [2.24, 2.45) is 12.8 Å². The molecule has 1 aliphatic carbocycles. The second-order valence-electron chi connectivity index (χ2n) is 9.25. The standard InChI is InChI=1S/C24H29N9O2/c1-14-19(28-23(35)17-9-7-16(8-10-17)15-5-6-15)4-3-11-33(14)24-29-22(20(21(25)34)30-31-24)27-18-12-26-32(2)13-18/h7-10,12-15,19H,3-6,11H2,1-2H3,(H2,25,34)(H,28,35)(H,27,29,31)/t14-,19-/m1/s1. The van der Waals surface area contributed by atoms with Gasteiger partial charge in [-0.1, -0.05) is 12.1 Å². The number of nitrogens with one attached hydrogen (secondary N) is 2. The summed E-state index contributed by atoms with van der Waals surface area (Å²) in [4.78, 5) is 31.4. The van der Waals surface area contributed by atoms with Crippen LogP contribution in [0.25, 0.3) is 0 Å². The highest BCUT2D eigenvalue weighted by atomic mass is 16.2. The minimum Gasteiger partial charge on any atom is -0.364 e. The van der Waals surface area contributed by atoms with Crippen LogP contribution in [-0.4, -0.2) is 55.4 Å². The largest absolute Gasteiger partial charge is 0.364 e. The van der Waals surface area contributed by atoms with E-state index in [4.69, 9.17) is 5.73 Å². The van der Waals surface area contributed by atoms with Crippen LogP contribution in [0.3, 0.4) is 0 Å². The van der Waals surface area contributed by atoms with Crippen molar-refractivity contribution >= 4 is 29.3 Å². The summed E-state index contributed by atoms with van der Waals surface area (Å²) >= 11 is 0. The molecule has 2 aliphatic rings. The first-order valence-corrected chi connectivity index (χ1v) is 11.9. The Morgan fingerprint density at radius 1 is 1.11 bits per heavy atom. The number of benzene rings is 1. The molecular formula is C24H29N9O2. The van der Waals surface area contributed by atoms with Gasteiger partial charge in [-0.3, -0.25) is 14.3 Å². The van der Waals surface area contributed by atoms with Crippen molar-refractivity contribution in [3.8, 4) is 0 Å². The summed E-state index contributed by atoms with van der Waals surface area (Å²) in [7, 11) is 1.79. The molecule has 2 atom stereocenters. The predicted octanol–water partition coefficient (Wildman–Crippen LogP) is 2.11. The summed E-state index contributed by atoms with van der Waals surface area (Å²) in [6, 6.07) is 7.75. The number of aryl methyl sites for hydroxylation is 1. The molecule has 1 aliphatic heterocycles. The quantitative estimate of drug-likeness (QED) is 0.471. The third-order valence-electron chi connectivity index (χ3n) is 6.66. The van der Waals surface area contributed by atoms with Gasteiger partial charge in [0.05, 0.1) is 11.9 Å². The number of rotatable bonds is 7. The van der Waals surface area contributed by atoms with E-state index in [0.29, 0.717) is 29.7 Å². The molecule has 5 rings (SSSR count). The van der Waals surface area contributed by atoms with Crippen molar-refractivity contribution in [2.75, 3.05) is 16.8 Å². The van der Waals surface area contributed by atoms with Gasteiger partial charge in [0.15, 0.2) is 11.5 Å². The fourth-order valence-corrected chi connectivity index (χ4v) is 4.51. The number of anilines is 3. The summed E-state index contributed by atoms with van der Waals surface area (Å²) < 4.78 is 1.63. The van der Waals surface area contributed by atoms with E-state index in [1.807, 2.05) is 24.0 Å². The second-order valence-corrected chi connectivity index (χ2v) is 9.25.